The van der Waals surface area contributed by atoms with Crippen LogP contribution in [-0.2, 0) is 14.8 Å². The van der Waals surface area contributed by atoms with E-state index in [1.807, 2.05) is 0 Å². The zero-order chi connectivity index (χ0) is 8.65. The molecule has 1 rings (SSSR count). The van der Waals surface area contributed by atoms with Crippen molar-refractivity contribution in [1.29, 1.82) is 0 Å². The molecule has 0 aromatic rings. The van der Waals surface area contributed by atoms with Crippen LogP contribution in [-0.4, -0.2) is 42.6 Å². The number of hydrogen-bond donors (Lipinski definition) is 1. The van der Waals surface area contributed by atoms with Crippen LogP contribution in [0.5, 0.6) is 0 Å². The van der Waals surface area contributed by atoms with Crippen LogP contribution in [0.25, 0.3) is 0 Å². The van der Waals surface area contributed by atoms with Gasteiger partial charge in [0.15, 0.2) is 5.25 Å². The normalized spacial score (nSPS) is 30.5. The summed E-state index contributed by atoms with van der Waals surface area (Å²) in [5.41, 5.74) is 0. The lowest BCUT2D eigenvalue weighted by molar-refractivity contribution is -0.136. The van der Waals surface area contributed by atoms with E-state index in [-0.39, 0.29) is 6.42 Å². The molecular weight excluding hydrogens is 170 g/mol. The molecule has 1 heterocycles. The van der Waals surface area contributed by atoms with Crippen molar-refractivity contribution in [3.05, 3.63) is 0 Å². The summed E-state index contributed by atoms with van der Waals surface area (Å²) >= 11 is 0. The molecule has 1 aliphatic rings. The Kier molecular flexibility index (Phi) is 1.89. The van der Waals surface area contributed by atoms with Crippen LogP contribution in [0, 0.1) is 0 Å². The van der Waals surface area contributed by atoms with Gasteiger partial charge in [-0.05, 0) is 6.42 Å². The fraction of sp³-hybridized carbons (Fsp3) is 0.800. The Hall–Kier alpha value is -0.620. The number of rotatable bonds is 1. The van der Waals surface area contributed by atoms with Crippen molar-refractivity contribution < 1.29 is 18.3 Å². The highest BCUT2D eigenvalue weighted by atomic mass is 32.2. The number of aliphatic carboxylic acids is 1. The van der Waals surface area contributed by atoms with Crippen molar-refractivity contribution in [2.24, 2.45) is 0 Å². The average Bonchev–Trinajstić information content (AvgIpc) is 2.08. The maximum Gasteiger partial charge on any atom is 0.323 e. The van der Waals surface area contributed by atoms with Crippen molar-refractivity contribution in [1.82, 2.24) is 4.31 Å². The highest BCUT2D eigenvalue weighted by Crippen LogP contribution is 2.19. The molecule has 11 heavy (non-hydrogen) atoms. The predicted octanol–water partition coefficient (Wildman–Crippen LogP) is -0.895. The fourth-order valence-corrected chi connectivity index (χ4v) is 2.50. The minimum atomic E-state index is -3.53. The van der Waals surface area contributed by atoms with Gasteiger partial charge in [0.25, 0.3) is 0 Å². The smallest absolute Gasteiger partial charge is 0.323 e. The molecule has 1 aliphatic heterocycles. The first kappa shape index (κ1) is 8.48. The van der Waals surface area contributed by atoms with Gasteiger partial charge in [-0.2, -0.15) is 0 Å². The zero-order valence-electron chi connectivity index (χ0n) is 6.02. The lowest BCUT2D eigenvalue weighted by atomic mass is 10.3. The second-order valence-electron chi connectivity index (χ2n) is 2.48. The van der Waals surface area contributed by atoms with Crippen LogP contribution in [0.4, 0.5) is 0 Å². The van der Waals surface area contributed by atoms with E-state index < -0.39 is 21.2 Å². The first-order chi connectivity index (χ1) is 4.96. The first-order valence-corrected chi connectivity index (χ1v) is 4.64. The van der Waals surface area contributed by atoms with Gasteiger partial charge < -0.3 is 5.11 Å². The number of carboxylic acids is 1. The van der Waals surface area contributed by atoms with Crippen molar-refractivity contribution in [3.8, 4) is 0 Å². The van der Waals surface area contributed by atoms with Gasteiger partial charge in [-0.1, -0.05) is 0 Å². The molecule has 1 saturated heterocycles. The predicted molar refractivity (Wildman–Crippen MR) is 37.6 cm³/mol. The number of carboxylic acid groups (broad SMARTS) is 1. The van der Waals surface area contributed by atoms with E-state index in [1.165, 1.54) is 7.05 Å². The van der Waals surface area contributed by atoms with Gasteiger partial charge in [-0.3, -0.25) is 4.79 Å². The molecule has 0 radical (unpaired) electrons. The minimum absolute atomic E-state index is 0.189. The average molecular weight is 179 g/mol. The van der Waals surface area contributed by atoms with Crippen molar-refractivity contribution >= 4 is 16.0 Å². The number of carbonyl (C=O) groups is 1. The Morgan fingerprint density at radius 2 is 2.18 bits per heavy atom. The maximum absolute atomic E-state index is 11.1. The van der Waals surface area contributed by atoms with Gasteiger partial charge in [0, 0.05) is 13.6 Å². The third kappa shape index (κ3) is 1.23. The Bertz CT molecular complexity index is 270. The van der Waals surface area contributed by atoms with Crippen LogP contribution < -0.4 is 0 Å². The molecule has 0 aliphatic carbocycles. The SMILES string of the molecule is CN1CC[C@H](C(=O)O)S1(=O)=O. The maximum atomic E-state index is 11.1. The van der Waals surface area contributed by atoms with Crippen LogP contribution in [0.15, 0.2) is 0 Å². The minimum Gasteiger partial charge on any atom is -0.480 e. The molecule has 5 nitrogen and oxygen atoms in total. The second kappa shape index (κ2) is 2.46. The summed E-state index contributed by atoms with van der Waals surface area (Å²) in [5, 5.41) is 7.23. The highest BCUT2D eigenvalue weighted by Gasteiger charge is 2.41. The van der Waals surface area contributed by atoms with E-state index in [2.05, 4.69) is 0 Å². The van der Waals surface area contributed by atoms with E-state index in [4.69, 9.17) is 5.11 Å². The number of sulfonamides is 1. The van der Waals surface area contributed by atoms with Crippen LogP contribution in [0.3, 0.4) is 0 Å². The standard InChI is InChI=1S/C5H9NO4S/c1-6-3-2-4(5(7)8)11(6,9)10/h4H,2-3H2,1H3,(H,7,8)/t4-/m1/s1. The summed E-state index contributed by atoms with van der Waals surface area (Å²) in [6.07, 6.45) is 0.189. The largest absolute Gasteiger partial charge is 0.480 e. The third-order valence-electron chi connectivity index (χ3n) is 1.78. The molecule has 0 amide bonds. The van der Waals surface area contributed by atoms with Gasteiger partial charge in [0.2, 0.25) is 10.0 Å². The molecule has 1 atom stereocenters. The summed E-state index contributed by atoms with van der Waals surface area (Å²) in [4.78, 5) is 10.4. The van der Waals surface area contributed by atoms with Crippen LogP contribution in [0.2, 0.25) is 0 Å². The molecule has 6 heteroatoms. The van der Waals surface area contributed by atoms with Crippen molar-refractivity contribution in [2.75, 3.05) is 13.6 Å². The Morgan fingerprint density at radius 3 is 2.36 bits per heavy atom. The van der Waals surface area contributed by atoms with Gasteiger partial charge in [-0.15, -0.1) is 0 Å². The highest BCUT2D eigenvalue weighted by molar-refractivity contribution is 7.90. The van der Waals surface area contributed by atoms with Crippen molar-refractivity contribution in [2.45, 2.75) is 11.7 Å². The molecule has 64 valence electrons. The molecule has 0 aromatic heterocycles. The first-order valence-electron chi connectivity index (χ1n) is 3.14. The number of hydrogen-bond acceptors (Lipinski definition) is 3. The molecule has 0 aromatic carbocycles. The summed E-state index contributed by atoms with van der Waals surface area (Å²) in [7, 11) is -2.14. The Balaban J connectivity index is 2.97. The molecular formula is C5H9NO4S. The van der Waals surface area contributed by atoms with E-state index in [1.54, 1.807) is 0 Å². The quantitative estimate of drug-likeness (QED) is 0.566. The molecule has 1 N–H and O–H groups in total. The molecule has 1 fully saturated rings. The summed E-state index contributed by atoms with van der Waals surface area (Å²) < 4.78 is 23.2. The van der Waals surface area contributed by atoms with E-state index in [0.29, 0.717) is 6.54 Å². The fourth-order valence-electron chi connectivity index (χ4n) is 1.04. The monoisotopic (exact) mass is 179 g/mol. The van der Waals surface area contributed by atoms with E-state index >= 15 is 0 Å². The third-order valence-corrected chi connectivity index (χ3v) is 3.98. The van der Waals surface area contributed by atoms with Gasteiger partial charge in [0.1, 0.15) is 0 Å². The van der Waals surface area contributed by atoms with Gasteiger partial charge in [0.05, 0.1) is 0 Å². The van der Waals surface area contributed by atoms with Crippen molar-refractivity contribution in [3.63, 3.8) is 0 Å². The Morgan fingerprint density at radius 1 is 1.64 bits per heavy atom. The second-order valence-corrected chi connectivity index (χ2v) is 4.70. The summed E-state index contributed by atoms with van der Waals surface area (Å²) in [5.74, 6) is -1.26. The summed E-state index contributed by atoms with van der Waals surface area (Å²) in [6.45, 7) is 0.305. The number of nitrogens with zero attached hydrogens (tertiary/aromatic N) is 1. The zero-order valence-corrected chi connectivity index (χ0v) is 6.84. The van der Waals surface area contributed by atoms with Crippen LogP contribution in [0.1, 0.15) is 6.42 Å². The lowest BCUT2D eigenvalue weighted by Crippen LogP contribution is -2.31. The topological polar surface area (TPSA) is 74.7 Å². The van der Waals surface area contributed by atoms with E-state index in [0.717, 1.165) is 4.31 Å². The van der Waals surface area contributed by atoms with Gasteiger partial charge in [-0.25, -0.2) is 12.7 Å². The molecule has 0 unspecified atom stereocenters. The molecule has 0 saturated carbocycles. The van der Waals surface area contributed by atoms with Crippen LogP contribution >= 0.6 is 0 Å². The van der Waals surface area contributed by atoms with E-state index in [9.17, 15) is 13.2 Å². The molecule has 0 bridgehead atoms. The summed E-state index contributed by atoms with van der Waals surface area (Å²) in [6, 6.07) is 0. The Labute approximate surface area is 64.7 Å². The van der Waals surface area contributed by atoms with Gasteiger partial charge >= 0.3 is 5.97 Å². The molecule has 0 spiro atoms. The lowest BCUT2D eigenvalue weighted by Gasteiger charge is -2.07.